The molecule has 116 valence electrons. The van der Waals surface area contributed by atoms with Crippen LogP contribution in [-0.2, 0) is 4.74 Å². The average molecular weight is 295 g/mol. The number of aromatic nitrogens is 1. The second-order valence-electron chi connectivity index (χ2n) is 4.44. The SMILES string of the molecule is CCOc1cc(C(=O)NN2CCOCC2)cc(OCC)n1. The molecule has 21 heavy (non-hydrogen) atoms. The number of hydrogen-bond acceptors (Lipinski definition) is 6. The minimum absolute atomic E-state index is 0.207. The van der Waals surface area contributed by atoms with Crippen molar-refractivity contribution >= 4 is 5.91 Å². The first kappa shape index (κ1) is 15.5. The third-order valence-electron chi connectivity index (χ3n) is 2.90. The number of hydrazine groups is 1. The molecule has 0 aliphatic carbocycles. The van der Waals surface area contributed by atoms with Crippen molar-refractivity contribution in [2.75, 3.05) is 39.5 Å². The average Bonchev–Trinajstić information content (AvgIpc) is 2.49. The van der Waals surface area contributed by atoms with Crippen LogP contribution in [0.15, 0.2) is 12.1 Å². The Bertz CT molecular complexity index is 451. The first-order valence-electron chi connectivity index (χ1n) is 7.14. The van der Waals surface area contributed by atoms with Gasteiger partial charge in [-0.1, -0.05) is 0 Å². The number of rotatable bonds is 6. The fourth-order valence-corrected chi connectivity index (χ4v) is 1.94. The molecule has 1 aliphatic heterocycles. The predicted octanol–water partition coefficient (Wildman–Crippen LogP) is 0.856. The van der Waals surface area contributed by atoms with E-state index in [0.717, 1.165) is 0 Å². The zero-order chi connectivity index (χ0) is 15.1. The van der Waals surface area contributed by atoms with Gasteiger partial charge in [0.15, 0.2) is 0 Å². The molecule has 1 amide bonds. The molecule has 0 bridgehead atoms. The number of carbonyl (C=O) groups excluding carboxylic acids is 1. The summed E-state index contributed by atoms with van der Waals surface area (Å²) in [7, 11) is 0. The van der Waals surface area contributed by atoms with Crippen LogP contribution < -0.4 is 14.9 Å². The normalized spacial score (nSPS) is 15.5. The lowest BCUT2D eigenvalue weighted by atomic mass is 10.2. The summed E-state index contributed by atoms with van der Waals surface area (Å²) >= 11 is 0. The van der Waals surface area contributed by atoms with Crippen LogP contribution in [0.3, 0.4) is 0 Å². The van der Waals surface area contributed by atoms with Gasteiger partial charge < -0.3 is 14.2 Å². The maximum Gasteiger partial charge on any atom is 0.265 e. The first-order valence-corrected chi connectivity index (χ1v) is 7.14. The van der Waals surface area contributed by atoms with E-state index in [1.165, 1.54) is 0 Å². The van der Waals surface area contributed by atoms with E-state index in [1.54, 1.807) is 12.1 Å². The quantitative estimate of drug-likeness (QED) is 0.839. The van der Waals surface area contributed by atoms with Gasteiger partial charge in [0.2, 0.25) is 11.8 Å². The summed E-state index contributed by atoms with van der Waals surface area (Å²) in [5.74, 6) is 0.562. The molecule has 0 atom stereocenters. The predicted molar refractivity (Wildman–Crippen MR) is 76.4 cm³/mol. The number of nitrogens with zero attached hydrogens (tertiary/aromatic N) is 2. The van der Waals surface area contributed by atoms with Gasteiger partial charge in [0.1, 0.15) is 0 Å². The fourth-order valence-electron chi connectivity index (χ4n) is 1.94. The Labute approximate surface area is 124 Å². The van der Waals surface area contributed by atoms with E-state index in [9.17, 15) is 4.79 Å². The topological polar surface area (TPSA) is 72.9 Å². The first-order chi connectivity index (χ1) is 10.2. The molecule has 1 aliphatic rings. The largest absolute Gasteiger partial charge is 0.478 e. The number of ether oxygens (including phenoxy) is 3. The lowest BCUT2D eigenvalue weighted by Crippen LogP contribution is -2.48. The number of carbonyl (C=O) groups is 1. The van der Waals surface area contributed by atoms with Crippen molar-refractivity contribution in [1.82, 2.24) is 15.4 Å². The molecule has 0 aromatic carbocycles. The van der Waals surface area contributed by atoms with Crippen LogP contribution in [0.5, 0.6) is 11.8 Å². The van der Waals surface area contributed by atoms with Crippen LogP contribution in [0.1, 0.15) is 24.2 Å². The number of nitrogens with one attached hydrogen (secondary N) is 1. The second-order valence-corrected chi connectivity index (χ2v) is 4.44. The molecule has 2 rings (SSSR count). The van der Waals surface area contributed by atoms with E-state index in [1.807, 2.05) is 18.9 Å². The summed E-state index contributed by atoms with van der Waals surface area (Å²) in [5.41, 5.74) is 3.31. The van der Waals surface area contributed by atoms with Crippen molar-refractivity contribution in [2.24, 2.45) is 0 Å². The fraction of sp³-hybridized carbons (Fsp3) is 0.571. The summed E-state index contributed by atoms with van der Waals surface area (Å²) in [6.07, 6.45) is 0. The Morgan fingerprint density at radius 1 is 1.24 bits per heavy atom. The number of hydrogen-bond donors (Lipinski definition) is 1. The van der Waals surface area contributed by atoms with Gasteiger partial charge in [-0.25, -0.2) is 5.01 Å². The van der Waals surface area contributed by atoms with E-state index < -0.39 is 0 Å². The molecule has 0 spiro atoms. The third kappa shape index (κ3) is 4.57. The number of pyridine rings is 1. The standard InChI is InChI=1S/C14H21N3O4/c1-3-20-12-9-11(10-13(15-12)21-4-2)14(18)16-17-5-7-19-8-6-17/h9-10H,3-8H2,1-2H3,(H,16,18). The van der Waals surface area contributed by atoms with Crippen molar-refractivity contribution in [2.45, 2.75) is 13.8 Å². The highest BCUT2D eigenvalue weighted by atomic mass is 16.5. The van der Waals surface area contributed by atoms with Gasteiger partial charge in [0, 0.05) is 25.2 Å². The van der Waals surface area contributed by atoms with Crippen LogP contribution >= 0.6 is 0 Å². The van der Waals surface area contributed by atoms with E-state index >= 15 is 0 Å². The minimum Gasteiger partial charge on any atom is -0.478 e. The lowest BCUT2D eigenvalue weighted by molar-refractivity contribution is 0.0126. The number of amides is 1. The van der Waals surface area contributed by atoms with Crippen LogP contribution in [0, 0.1) is 0 Å². The molecule has 2 heterocycles. The van der Waals surface area contributed by atoms with Crippen LogP contribution in [0.2, 0.25) is 0 Å². The molecular formula is C14H21N3O4. The van der Waals surface area contributed by atoms with Gasteiger partial charge in [0.25, 0.3) is 5.91 Å². The van der Waals surface area contributed by atoms with Gasteiger partial charge in [-0.05, 0) is 13.8 Å². The van der Waals surface area contributed by atoms with Gasteiger partial charge in [-0.15, -0.1) is 0 Å². The van der Waals surface area contributed by atoms with E-state index in [2.05, 4.69) is 10.4 Å². The molecule has 1 aromatic heterocycles. The van der Waals surface area contributed by atoms with Gasteiger partial charge in [-0.3, -0.25) is 10.2 Å². The molecular weight excluding hydrogens is 274 g/mol. The Morgan fingerprint density at radius 3 is 2.33 bits per heavy atom. The summed E-state index contributed by atoms with van der Waals surface area (Å²) in [4.78, 5) is 16.5. The van der Waals surface area contributed by atoms with E-state index in [0.29, 0.717) is 56.8 Å². The van der Waals surface area contributed by atoms with Crippen LogP contribution in [-0.4, -0.2) is 55.4 Å². The summed E-state index contributed by atoms with van der Waals surface area (Å²) in [6, 6.07) is 3.23. The molecule has 0 saturated carbocycles. The molecule has 0 unspecified atom stereocenters. The zero-order valence-electron chi connectivity index (χ0n) is 12.4. The van der Waals surface area contributed by atoms with Crippen LogP contribution in [0.4, 0.5) is 0 Å². The summed E-state index contributed by atoms with van der Waals surface area (Å²) < 4.78 is 16.0. The van der Waals surface area contributed by atoms with E-state index in [4.69, 9.17) is 14.2 Å². The lowest BCUT2D eigenvalue weighted by Gasteiger charge is -2.27. The maximum absolute atomic E-state index is 12.3. The van der Waals surface area contributed by atoms with E-state index in [-0.39, 0.29) is 5.91 Å². The molecule has 1 N–H and O–H groups in total. The summed E-state index contributed by atoms with van der Waals surface area (Å²) in [5, 5.41) is 1.84. The Hall–Kier alpha value is -1.86. The molecule has 1 saturated heterocycles. The Morgan fingerprint density at radius 2 is 1.81 bits per heavy atom. The molecule has 7 nitrogen and oxygen atoms in total. The smallest absolute Gasteiger partial charge is 0.265 e. The molecule has 7 heteroatoms. The highest BCUT2D eigenvalue weighted by Crippen LogP contribution is 2.18. The van der Waals surface area contributed by atoms with Crippen molar-refractivity contribution in [3.63, 3.8) is 0 Å². The molecule has 1 aromatic rings. The highest BCUT2D eigenvalue weighted by molar-refractivity contribution is 5.94. The monoisotopic (exact) mass is 295 g/mol. The van der Waals surface area contributed by atoms with Gasteiger partial charge in [-0.2, -0.15) is 4.98 Å². The number of morpholine rings is 1. The maximum atomic E-state index is 12.3. The van der Waals surface area contributed by atoms with Gasteiger partial charge >= 0.3 is 0 Å². The summed E-state index contributed by atoms with van der Waals surface area (Å²) in [6.45, 7) is 7.27. The molecule has 0 radical (unpaired) electrons. The molecule has 1 fully saturated rings. The van der Waals surface area contributed by atoms with Crippen LogP contribution in [0.25, 0.3) is 0 Å². The van der Waals surface area contributed by atoms with Crippen molar-refractivity contribution in [3.8, 4) is 11.8 Å². The second kappa shape index (κ2) is 7.80. The zero-order valence-corrected chi connectivity index (χ0v) is 12.4. The van der Waals surface area contributed by atoms with Gasteiger partial charge in [0.05, 0.1) is 32.0 Å². The van der Waals surface area contributed by atoms with Crippen molar-refractivity contribution in [1.29, 1.82) is 0 Å². The van der Waals surface area contributed by atoms with Crippen molar-refractivity contribution < 1.29 is 19.0 Å². The minimum atomic E-state index is -0.207. The highest BCUT2D eigenvalue weighted by Gasteiger charge is 2.16. The third-order valence-corrected chi connectivity index (χ3v) is 2.90. The van der Waals surface area contributed by atoms with Crippen molar-refractivity contribution in [3.05, 3.63) is 17.7 Å². The Kier molecular flexibility index (Phi) is 5.77. The Balaban J connectivity index is 2.10.